The van der Waals surface area contributed by atoms with Gasteiger partial charge in [-0.1, -0.05) is 12.1 Å². The van der Waals surface area contributed by atoms with Crippen LogP contribution >= 0.6 is 7.82 Å². The number of phenolic OH excluding ortho intramolecular Hbond substituents is 1. The van der Waals surface area contributed by atoms with Crippen molar-refractivity contribution in [3.63, 3.8) is 0 Å². The number of benzene rings is 1. The summed E-state index contributed by atoms with van der Waals surface area (Å²) in [6.45, 7) is 0.603. The molecule has 7 nitrogen and oxygen atoms in total. The summed E-state index contributed by atoms with van der Waals surface area (Å²) in [4.78, 5) is 17.9. The molecule has 8 heteroatoms. The molecule has 1 rings (SSSR count). The fourth-order valence-corrected chi connectivity index (χ4v) is 2.10. The van der Waals surface area contributed by atoms with Gasteiger partial charge in [-0.2, -0.15) is 0 Å². The molecular weight excluding hydrogens is 271 g/mol. The van der Waals surface area contributed by atoms with E-state index in [1.807, 2.05) is 14.1 Å². The van der Waals surface area contributed by atoms with E-state index in [-0.39, 0.29) is 5.75 Å². The minimum absolute atomic E-state index is 0.0752. The van der Waals surface area contributed by atoms with Gasteiger partial charge in [0.2, 0.25) is 0 Å². The number of rotatable bonds is 6. The largest absolute Gasteiger partial charge is 0.508 e. The molecule has 0 aliphatic heterocycles. The van der Waals surface area contributed by atoms with Crippen molar-refractivity contribution in [2.45, 2.75) is 6.10 Å². The summed E-state index contributed by atoms with van der Waals surface area (Å²) in [5.74, 6) is 0.0752. The predicted molar refractivity (Wildman–Crippen MR) is 70.0 cm³/mol. The summed E-state index contributed by atoms with van der Waals surface area (Å²) in [6, 6.07) is 6.00. The molecule has 108 valence electrons. The van der Waals surface area contributed by atoms with Crippen LogP contribution in [-0.4, -0.2) is 46.7 Å². The molecule has 19 heavy (non-hydrogen) atoms. The van der Waals surface area contributed by atoms with E-state index in [9.17, 15) is 9.67 Å². The van der Waals surface area contributed by atoms with Crippen molar-refractivity contribution in [1.29, 1.82) is 0 Å². The number of hydrogen-bond acceptors (Lipinski definition) is 4. The smallest absolute Gasteiger partial charge is 0.470 e. The third kappa shape index (κ3) is 5.69. The van der Waals surface area contributed by atoms with Gasteiger partial charge in [0.15, 0.2) is 0 Å². The van der Waals surface area contributed by atoms with Crippen LogP contribution in [0.15, 0.2) is 24.3 Å². The third-order valence-electron chi connectivity index (χ3n) is 2.68. The zero-order valence-electron chi connectivity index (χ0n) is 10.9. The van der Waals surface area contributed by atoms with Gasteiger partial charge in [0.1, 0.15) is 25.1 Å². The molecule has 1 aromatic carbocycles. The first kappa shape index (κ1) is 16.1. The Bertz CT molecular complexity index is 457. The predicted octanol–water partition coefficient (Wildman–Crippen LogP) is 0.535. The molecular formula is C11H20N2O5P+. The van der Waals surface area contributed by atoms with Gasteiger partial charge >= 0.3 is 7.82 Å². The fourth-order valence-electron chi connectivity index (χ4n) is 1.58. The lowest BCUT2D eigenvalue weighted by Gasteiger charge is -2.32. The number of phosphoric acid groups is 1. The highest BCUT2D eigenvalue weighted by molar-refractivity contribution is 7.46. The minimum atomic E-state index is -4.61. The Morgan fingerprint density at radius 2 is 1.84 bits per heavy atom. The minimum Gasteiger partial charge on any atom is -0.508 e. The van der Waals surface area contributed by atoms with Crippen LogP contribution in [-0.2, 0) is 9.09 Å². The van der Waals surface area contributed by atoms with Crippen molar-refractivity contribution >= 4 is 7.82 Å². The number of phosphoric ester groups is 1. The SMILES string of the molecule is C[N+](C)(CN)CC(OP(=O)(O)O)c1ccc(O)cc1. The Morgan fingerprint density at radius 1 is 1.32 bits per heavy atom. The number of quaternary nitrogens is 1. The van der Waals surface area contributed by atoms with Crippen LogP contribution in [0.5, 0.6) is 5.75 Å². The van der Waals surface area contributed by atoms with Crippen molar-refractivity contribution in [2.24, 2.45) is 5.73 Å². The van der Waals surface area contributed by atoms with Gasteiger partial charge in [0.05, 0.1) is 14.1 Å². The van der Waals surface area contributed by atoms with Crippen LogP contribution in [0.4, 0.5) is 0 Å². The van der Waals surface area contributed by atoms with Gasteiger partial charge in [-0.25, -0.2) is 4.57 Å². The summed E-state index contributed by atoms with van der Waals surface area (Å²) in [5.41, 5.74) is 6.17. The van der Waals surface area contributed by atoms with Crippen LogP contribution in [0.2, 0.25) is 0 Å². The van der Waals surface area contributed by atoms with Gasteiger partial charge < -0.3 is 19.4 Å². The summed E-state index contributed by atoms with van der Waals surface area (Å²) >= 11 is 0. The van der Waals surface area contributed by atoms with Gasteiger partial charge in [-0.3, -0.25) is 10.3 Å². The average Bonchev–Trinajstić information content (AvgIpc) is 2.27. The molecule has 1 atom stereocenters. The van der Waals surface area contributed by atoms with E-state index in [4.69, 9.17) is 20.0 Å². The molecule has 0 amide bonds. The Hall–Kier alpha value is -0.950. The lowest BCUT2D eigenvalue weighted by Crippen LogP contribution is -2.47. The molecule has 0 spiro atoms. The summed E-state index contributed by atoms with van der Waals surface area (Å²) in [7, 11) is -0.949. The maximum atomic E-state index is 11.0. The Morgan fingerprint density at radius 3 is 2.26 bits per heavy atom. The van der Waals surface area contributed by atoms with Crippen molar-refractivity contribution < 1.29 is 28.5 Å². The van der Waals surface area contributed by atoms with Crippen molar-refractivity contribution in [3.05, 3.63) is 29.8 Å². The molecule has 0 aliphatic rings. The van der Waals surface area contributed by atoms with E-state index in [0.717, 1.165) is 0 Å². The maximum Gasteiger partial charge on any atom is 0.470 e. The standard InChI is InChI=1S/C11H19N2O5P/c1-13(2,8-12)7-11(18-19(15,16)17)9-3-5-10(14)6-4-9/h3-6,11H,7-8,12H2,1-2H3,(H2-,14,15,16,17)/p+1. The first-order valence-electron chi connectivity index (χ1n) is 5.68. The summed E-state index contributed by atoms with van der Waals surface area (Å²) in [6.07, 6.45) is -0.806. The number of hydrogen-bond donors (Lipinski definition) is 4. The number of nitrogens with two attached hydrogens (primary N) is 1. The van der Waals surface area contributed by atoms with Crippen molar-refractivity contribution in [1.82, 2.24) is 0 Å². The van der Waals surface area contributed by atoms with Gasteiger partial charge in [-0.15, -0.1) is 0 Å². The van der Waals surface area contributed by atoms with E-state index in [1.54, 1.807) is 12.1 Å². The van der Waals surface area contributed by atoms with Crippen LogP contribution in [0.3, 0.4) is 0 Å². The zero-order chi connectivity index (χ0) is 14.7. The average molecular weight is 291 g/mol. The van der Waals surface area contributed by atoms with E-state index in [1.165, 1.54) is 12.1 Å². The molecule has 0 saturated carbocycles. The van der Waals surface area contributed by atoms with Crippen molar-refractivity contribution in [3.8, 4) is 5.75 Å². The lowest BCUT2D eigenvalue weighted by molar-refractivity contribution is -0.893. The zero-order valence-corrected chi connectivity index (χ0v) is 11.8. The van der Waals surface area contributed by atoms with Crippen LogP contribution < -0.4 is 5.73 Å². The quantitative estimate of drug-likeness (QED) is 0.345. The highest BCUT2D eigenvalue weighted by atomic mass is 31.2. The van der Waals surface area contributed by atoms with Crippen LogP contribution in [0, 0.1) is 0 Å². The number of aromatic hydroxyl groups is 1. The third-order valence-corrected chi connectivity index (χ3v) is 3.21. The fraction of sp³-hybridized carbons (Fsp3) is 0.455. The summed E-state index contributed by atoms with van der Waals surface area (Å²) < 4.78 is 16.2. The molecule has 0 radical (unpaired) electrons. The summed E-state index contributed by atoms with van der Waals surface area (Å²) in [5, 5.41) is 9.23. The Balaban J connectivity index is 2.98. The van der Waals surface area contributed by atoms with Crippen molar-refractivity contribution in [2.75, 3.05) is 27.3 Å². The first-order chi connectivity index (χ1) is 8.63. The Kier molecular flexibility index (Phi) is 5.09. The van der Waals surface area contributed by atoms with E-state index >= 15 is 0 Å². The van der Waals surface area contributed by atoms with E-state index in [0.29, 0.717) is 23.3 Å². The molecule has 0 aliphatic carbocycles. The topological polar surface area (TPSA) is 113 Å². The van der Waals surface area contributed by atoms with Gasteiger partial charge in [0, 0.05) is 0 Å². The van der Waals surface area contributed by atoms with Crippen LogP contribution in [0.1, 0.15) is 11.7 Å². The highest BCUT2D eigenvalue weighted by Crippen LogP contribution is 2.43. The number of phenols is 1. The number of nitrogens with zero attached hydrogens (tertiary/aromatic N) is 1. The molecule has 0 fully saturated rings. The maximum absolute atomic E-state index is 11.0. The van der Waals surface area contributed by atoms with Gasteiger partial charge in [0.25, 0.3) is 0 Å². The molecule has 1 aromatic rings. The molecule has 0 aromatic heterocycles. The van der Waals surface area contributed by atoms with Gasteiger partial charge in [-0.05, 0) is 17.7 Å². The molecule has 0 saturated heterocycles. The monoisotopic (exact) mass is 291 g/mol. The van der Waals surface area contributed by atoms with Crippen LogP contribution in [0.25, 0.3) is 0 Å². The van der Waals surface area contributed by atoms with E-state index in [2.05, 4.69) is 0 Å². The molecule has 5 N–H and O–H groups in total. The second kappa shape index (κ2) is 6.00. The molecule has 0 bridgehead atoms. The molecule has 1 unspecified atom stereocenters. The van der Waals surface area contributed by atoms with E-state index < -0.39 is 13.9 Å². The lowest BCUT2D eigenvalue weighted by atomic mass is 10.1. The highest BCUT2D eigenvalue weighted by Gasteiger charge is 2.29. The Labute approximate surface area is 112 Å². The first-order valence-corrected chi connectivity index (χ1v) is 7.21. The molecule has 0 heterocycles. The second-order valence-electron chi connectivity index (χ2n) is 4.98. The second-order valence-corrected chi connectivity index (χ2v) is 6.17. The normalized spacial score (nSPS) is 14.4. The number of likely N-dealkylation sites (N-methyl/N-ethyl adjacent to an activating group) is 1.